The van der Waals surface area contributed by atoms with E-state index in [2.05, 4.69) is 34.6 Å². The maximum atomic E-state index is 2.37. The third kappa shape index (κ3) is 7.82. The quantitative estimate of drug-likeness (QED) is 0.680. The van der Waals surface area contributed by atoms with Gasteiger partial charge in [-0.2, -0.15) is 0 Å². The van der Waals surface area contributed by atoms with E-state index in [9.17, 15) is 0 Å². The summed E-state index contributed by atoms with van der Waals surface area (Å²) in [6.45, 7) is 11.6. The van der Waals surface area contributed by atoms with Gasteiger partial charge < -0.3 is 0 Å². The Balaban J connectivity index is 0. The van der Waals surface area contributed by atoms with Gasteiger partial charge in [0.2, 0.25) is 0 Å². The zero-order valence-corrected chi connectivity index (χ0v) is 13.1. The van der Waals surface area contributed by atoms with Gasteiger partial charge in [0, 0.05) is 35.6 Å². The fourth-order valence-corrected chi connectivity index (χ4v) is 1.13. The Hall–Kier alpha value is 1.19. The van der Waals surface area contributed by atoms with Gasteiger partial charge in [0.25, 0.3) is 0 Å². The second-order valence-corrected chi connectivity index (χ2v) is 4.76. The molecule has 0 spiro atoms. The summed E-state index contributed by atoms with van der Waals surface area (Å²) in [6, 6.07) is 0. The van der Waals surface area contributed by atoms with Crippen molar-refractivity contribution in [2.24, 2.45) is 11.3 Å². The van der Waals surface area contributed by atoms with Crippen LogP contribution in [0.3, 0.4) is 0 Å². The van der Waals surface area contributed by atoms with E-state index in [0.717, 1.165) is 5.92 Å². The van der Waals surface area contributed by atoms with Crippen LogP contribution in [0.5, 0.6) is 0 Å². The van der Waals surface area contributed by atoms with Crippen molar-refractivity contribution in [3.8, 4) is 0 Å². The van der Waals surface area contributed by atoms with Crippen LogP contribution in [0.15, 0.2) is 0 Å². The summed E-state index contributed by atoms with van der Waals surface area (Å²) in [5.74, 6) is 0.869. The van der Waals surface area contributed by atoms with E-state index >= 15 is 0 Å². The van der Waals surface area contributed by atoms with Crippen LogP contribution in [0.2, 0.25) is 0 Å². The monoisotopic (exact) mass is 295 g/mol. The zero-order valence-electron chi connectivity index (χ0n) is 9.48. The van der Waals surface area contributed by atoms with Crippen molar-refractivity contribution < 1.29 is 35.6 Å². The molecule has 1 unspecified atom stereocenters. The molecule has 0 saturated heterocycles. The minimum Gasteiger partial charge on any atom is -0.0654 e. The molecule has 0 bridgehead atoms. The van der Waals surface area contributed by atoms with Gasteiger partial charge in [-0.1, -0.05) is 60.3 Å². The Labute approximate surface area is 106 Å². The van der Waals surface area contributed by atoms with E-state index in [1.54, 1.807) is 0 Å². The van der Waals surface area contributed by atoms with E-state index in [4.69, 9.17) is 0 Å². The average molecular weight is 295 g/mol. The fourth-order valence-electron chi connectivity index (χ4n) is 1.13. The molecular weight excluding hydrogens is 271 g/mol. The molecule has 0 heterocycles. The summed E-state index contributed by atoms with van der Waals surface area (Å²) < 4.78 is 0. The molecule has 0 saturated carbocycles. The van der Waals surface area contributed by atoms with Crippen LogP contribution >= 0.6 is 0 Å². The number of unbranched alkanes of at least 4 members (excludes halogenated alkanes) is 2. The molecule has 0 rings (SSSR count). The van der Waals surface area contributed by atoms with Crippen molar-refractivity contribution in [3.05, 3.63) is 0 Å². The molecule has 0 nitrogen and oxygen atoms in total. The van der Waals surface area contributed by atoms with Crippen molar-refractivity contribution in [1.82, 2.24) is 0 Å². The first kappa shape index (κ1) is 15.7. The molecule has 12 heavy (non-hydrogen) atoms. The number of hydrogen-bond donors (Lipinski definition) is 0. The van der Waals surface area contributed by atoms with Gasteiger partial charge in [0.15, 0.2) is 0 Å². The van der Waals surface area contributed by atoms with Crippen molar-refractivity contribution in [2.75, 3.05) is 0 Å². The molecule has 0 aromatic rings. The number of hydrogen-bond acceptors (Lipinski definition) is 0. The smallest absolute Gasteiger partial charge is 0 e. The maximum Gasteiger partial charge on any atom is 0 e. The van der Waals surface area contributed by atoms with E-state index in [0.29, 0.717) is 5.41 Å². The normalized spacial score (nSPS) is 13.8. The van der Waals surface area contributed by atoms with Gasteiger partial charge in [0.1, 0.15) is 0 Å². The van der Waals surface area contributed by atoms with Crippen LogP contribution in [0.4, 0.5) is 0 Å². The van der Waals surface area contributed by atoms with E-state index in [-0.39, 0.29) is 35.6 Å². The molecule has 0 aliphatic heterocycles. The van der Waals surface area contributed by atoms with Crippen molar-refractivity contribution >= 4 is 0 Å². The minimum atomic E-state index is 0. The molecule has 0 aliphatic carbocycles. The molecule has 0 aromatic carbocycles. The topological polar surface area (TPSA) is 0 Å². The zero-order chi connectivity index (χ0) is 8.91. The van der Waals surface area contributed by atoms with Crippen molar-refractivity contribution in [3.63, 3.8) is 0 Å². The molecule has 71 valence electrons. The summed E-state index contributed by atoms with van der Waals surface area (Å²) in [7, 11) is 0. The predicted molar refractivity (Wildman–Crippen MR) is 52.8 cm³/mol. The summed E-state index contributed by atoms with van der Waals surface area (Å²) >= 11 is 0. The van der Waals surface area contributed by atoms with Crippen LogP contribution in [0.1, 0.15) is 60.3 Å². The van der Waals surface area contributed by atoms with Gasteiger partial charge in [-0.25, -0.2) is 0 Å². The predicted octanol–water partition coefficient (Wildman–Crippen LogP) is 4.25. The SMILES string of the molecule is CCCCCC(C)C(C)(C)C.[La]. The second-order valence-electron chi connectivity index (χ2n) is 4.76. The van der Waals surface area contributed by atoms with E-state index < -0.39 is 0 Å². The van der Waals surface area contributed by atoms with Crippen molar-refractivity contribution in [1.29, 1.82) is 0 Å². The first-order valence-corrected chi connectivity index (χ1v) is 4.98. The van der Waals surface area contributed by atoms with Gasteiger partial charge in [0.05, 0.1) is 0 Å². The Morgan fingerprint density at radius 3 is 1.92 bits per heavy atom. The molecule has 1 atom stereocenters. The minimum absolute atomic E-state index is 0. The summed E-state index contributed by atoms with van der Waals surface area (Å²) in [5, 5.41) is 0. The summed E-state index contributed by atoms with van der Waals surface area (Å²) in [5.41, 5.74) is 0.508. The van der Waals surface area contributed by atoms with Crippen molar-refractivity contribution in [2.45, 2.75) is 60.3 Å². The Morgan fingerprint density at radius 2 is 1.58 bits per heavy atom. The molecule has 0 aromatic heterocycles. The maximum absolute atomic E-state index is 2.37. The first-order chi connectivity index (χ1) is 4.98. The first-order valence-electron chi connectivity index (χ1n) is 4.98. The Morgan fingerprint density at radius 1 is 1.08 bits per heavy atom. The Kier molecular flexibility index (Phi) is 9.90. The molecule has 0 aliphatic rings. The molecule has 1 radical (unpaired) electrons. The van der Waals surface area contributed by atoms with Crippen LogP contribution in [0.25, 0.3) is 0 Å². The van der Waals surface area contributed by atoms with Gasteiger partial charge >= 0.3 is 0 Å². The van der Waals surface area contributed by atoms with E-state index in [1.165, 1.54) is 25.7 Å². The third-order valence-electron chi connectivity index (χ3n) is 2.72. The molecule has 0 N–H and O–H groups in total. The molecule has 0 fully saturated rings. The summed E-state index contributed by atoms with van der Waals surface area (Å²) in [4.78, 5) is 0. The molecular formula is C11H24La. The molecule has 1 heteroatoms. The van der Waals surface area contributed by atoms with Gasteiger partial charge in [-0.15, -0.1) is 0 Å². The second kappa shape index (κ2) is 7.58. The van der Waals surface area contributed by atoms with Crippen LogP contribution in [0, 0.1) is 46.9 Å². The summed E-state index contributed by atoms with van der Waals surface area (Å²) in [6.07, 6.45) is 5.56. The molecule has 0 amide bonds. The average Bonchev–Trinajstić information content (AvgIpc) is 1.86. The third-order valence-corrected chi connectivity index (χ3v) is 2.72. The van der Waals surface area contributed by atoms with Crippen LogP contribution in [-0.2, 0) is 0 Å². The largest absolute Gasteiger partial charge is 0.0654 e. The Bertz CT molecular complexity index is 91.7. The van der Waals surface area contributed by atoms with Crippen LogP contribution < -0.4 is 0 Å². The van der Waals surface area contributed by atoms with Gasteiger partial charge in [-0.05, 0) is 11.3 Å². The standard InChI is InChI=1S/C11H24.La/c1-6-7-8-9-10(2)11(3,4)5;/h10H,6-9H2,1-5H3;. The van der Waals surface area contributed by atoms with E-state index in [1.807, 2.05) is 0 Å². The van der Waals surface area contributed by atoms with Crippen LogP contribution in [-0.4, -0.2) is 0 Å². The fraction of sp³-hybridized carbons (Fsp3) is 1.00. The number of rotatable bonds is 4. The van der Waals surface area contributed by atoms with Gasteiger partial charge in [-0.3, -0.25) is 0 Å².